The third-order valence-electron chi connectivity index (χ3n) is 5.05. The van der Waals surface area contributed by atoms with Crippen molar-refractivity contribution >= 4 is 50.7 Å². The van der Waals surface area contributed by atoms with Gasteiger partial charge in [-0.2, -0.15) is 0 Å². The monoisotopic (exact) mass is 545 g/mol. The van der Waals surface area contributed by atoms with Crippen molar-refractivity contribution in [1.82, 2.24) is 10.2 Å². The molecule has 0 fully saturated rings. The van der Waals surface area contributed by atoms with Gasteiger partial charge >= 0.3 is 0 Å². The van der Waals surface area contributed by atoms with Crippen molar-refractivity contribution in [3.05, 3.63) is 63.9 Å². The van der Waals surface area contributed by atoms with Gasteiger partial charge in [-0.3, -0.25) is 13.9 Å². The summed E-state index contributed by atoms with van der Waals surface area (Å²) in [6, 6.07) is 9.37. The molecule has 7 nitrogen and oxygen atoms in total. The van der Waals surface area contributed by atoms with Gasteiger partial charge < -0.3 is 10.2 Å². The summed E-state index contributed by atoms with van der Waals surface area (Å²) in [5.74, 6) is -1.73. The lowest BCUT2D eigenvalue weighted by atomic mass is 10.1. The molecule has 0 heterocycles. The molecule has 0 saturated heterocycles. The SMILES string of the molecule is CCC(C(=O)NC(C)(C)C)N(Cc1ccccc1Cl)C(=O)CN(c1ccc(F)c(Cl)c1)S(C)(=O)=O. The first-order chi connectivity index (χ1) is 16.1. The number of carbonyl (C=O) groups excluding carboxylic acids is 2. The highest BCUT2D eigenvalue weighted by atomic mass is 35.5. The van der Waals surface area contributed by atoms with Crippen molar-refractivity contribution < 1.29 is 22.4 Å². The molecule has 11 heteroatoms. The Morgan fingerprint density at radius 2 is 1.71 bits per heavy atom. The second-order valence-electron chi connectivity index (χ2n) is 9.14. The molecule has 2 amide bonds. The van der Waals surface area contributed by atoms with Crippen LogP contribution in [0, 0.1) is 5.82 Å². The fraction of sp³-hybridized carbons (Fsp3) is 0.417. The van der Waals surface area contributed by atoms with E-state index in [-0.39, 0.29) is 29.6 Å². The number of carbonyl (C=O) groups is 2. The largest absolute Gasteiger partial charge is 0.350 e. The fourth-order valence-corrected chi connectivity index (χ4v) is 4.65. The lowest BCUT2D eigenvalue weighted by molar-refractivity contribution is -0.141. The Labute approximate surface area is 216 Å². The first-order valence-corrected chi connectivity index (χ1v) is 13.5. The molecule has 35 heavy (non-hydrogen) atoms. The number of nitrogens with zero attached hydrogens (tertiary/aromatic N) is 2. The van der Waals surface area contributed by atoms with Gasteiger partial charge in [0.2, 0.25) is 21.8 Å². The highest BCUT2D eigenvalue weighted by Crippen LogP contribution is 2.26. The average Bonchev–Trinajstić information content (AvgIpc) is 2.73. The molecular weight excluding hydrogens is 516 g/mol. The molecule has 192 valence electrons. The van der Waals surface area contributed by atoms with E-state index in [2.05, 4.69) is 5.32 Å². The minimum absolute atomic E-state index is 0.0175. The molecule has 0 aliphatic heterocycles. The summed E-state index contributed by atoms with van der Waals surface area (Å²) in [6.45, 7) is 6.58. The van der Waals surface area contributed by atoms with Crippen molar-refractivity contribution in [2.75, 3.05) is 17.1 Å². The Balaban J connectivity index is 2.49. The Hall–Kier alpha value is -2.36. The Kier molecular flexibility index (Phi) is 9.56. The molecule has 2 aromatic rings. The molecule has 0 aliphatic rings. The Bertz CT molecular complexity index is 1190. The third kappa shape index (κ3) is 8.08. The highest BCUT2D eigenvalue weighted by molar-refractivity contribution is 7.92. The van der Waals surface area contributed by atoms with Gasteiger partial charge in [0.15, 0.2) is 0 Å². The number of hydrogen-bond acceptors (Lipinski definition) is 4. The standard InChI is InChI=1S/C24H30Cl2FN3O4S/c1-6-21(23(32)28-24(2,3)4)29(14-16-9-7-8-10-18(16)25)22(31)15-30(35(5,33)34)17-11-12-20(27)19(26)13-17/h7-13,21H,6,14-15H2,1-5H3,(H,28,32). The molecule has 1 unspecified atom stereocenters. The molecule has 0 aliphatic carbocycles. The molecule has 1 atom stereocenters. The second kappa shape index (κ2) is 11.6. The van der Waals surface area contributed by atoms with Crippen LogP contribution in [0.2, 0.25) is 10.0 Å². The maximum atomic E-state index is 13.7. The molecule has 0 aromatic heterocycles. The number of benzene rings is 2. The van der Waals surface area contributed by atoms with Crippen molar-refractivity contribution in [3.63, 3.8) is 0 Å². The van der Waals surface area contributed by atoms with Crippen molar-refractivity contribution in [1.29, 1.82) is 0 Å². The smallest absolute Gasteiger partial charge is 0.244 e. The number of rotatable bonds is 9. The van der Waals surface area contributed by atoms with E-state index in [1.54, 1.807) is 31.2 Å². The van der Waals surface area contributed by atoms with E-state index in [0.717, 1.165) is 22.7 Å². The quantitative estimate of drug-likeness (QED) is 0.498. The predicted molar refractivity (Wildman–Crippen MR) is 138 cm³/mol. The molecule has 1 N–H and O–H groups in total. The van der Waals surface area contributed by atoms with Gasteiger partial charge in [0, 0.05) is 17.1 Å². The number of sulfonamides is 1. The van der Waals surface area contributed by atoms with Gasteiger partial charge in [-0.1, -0.05) is 48.3 Å². The van der Waals surface area contributed by atoms with Crippen LogP contribution in [0.4, 0.5) is 10.1 Å². The zero-order chi connectivity index (χ0) is 26.6. The summed E-state index contributed by atoms with van der Waals surface area (Å²) in [6.07, 6.45) is 1.21. The third-order valence-corrected chi connectivity index (χ3v) is 6.85. The fourth-order valence-electron chi connectivity index (χ4n) is 3.44. The van der Waals surface area contributed by atoms with Crippen LogP contribution in [0.5, 0.6) is 0 Å². The Morgan fingerprint density at radius 1 is 1.09 bits per heavy atom. The molecule has 0 radical (unpaired) electrons. The minimum Gasteiger partial charge on any atom is -0.350 e. The summed E-state index contributed by atoms with van der Waals surface area (Å²) in [7, 11) is -3.96. The lowest BCUT2D eigenvalue weighted by Crippen LogP contribution is -2.55. The van der Waals surface area contributed by atoms with Gasteiger partial charge in [-0.05, 0) is 57.0 Å². The molecular formula is C24H30Cl2FN3O4S. The first-order valence-electron chi connectivity index (χ1n) is 10.9. The van der Waals surface area contributed by atoms with Crippen molar-refractivity contribution in [2.24, 2.45) is 0 Å². The van der Waals surface area contributed by atoms with E-state index < -0.39 is 39.9 Å². The van der Waals surface area contributed by atoms with Gasteiger partial charge in [-0.15, -0.1) is 0 Å². The molecule has 2 rings (SSSR count). The van der Waals surface area contributed by atoms with Crippen molar-refractivity contribution in [2.45, 2.75) is 52.2 Å². The number of nitrogens with one attached hydrogen (secondary N) is 1. The molecule has 0 bridgehead atoms. The summed E-state index contributed by atoms with van der Waals surface area (Å²) in [5.41, 5.74) is 0.0742. The molecule has 0 saturated carbocycles. The van der Waals surface area contributed by atoms with E-state index in [1.807, 2.05) is 20.8 Å². The van der Waals surface area contributed by atoms with E-state index in [9.17, 15) is 22.4 Å². The minimum atomic E-state index is -3.96. The summed E-state index contributed by atoms with van der Waals surface area (Å²) >= 11 is 12.2. The maximum Gasteiger partial charge on any atom is 0.244 e. The van der Waals surface area contributed by atoms with Crippen LogP contribution in [0.25, 0.3) is 0 Å². The molecule has 0 spiro atoms. The van der Waals surface area contributed by atoms with E-state index in [4.69, 9.17) is 23.2 Å². The van der Waals surface area contributed by atoms with Crippen LogP contribution in [0.3, 0.4) is 0 Å². The number of halogens is 3. The second-order valence-corrected chi connectivity index (χ2v) is 11.9. The normalized spacial score (nSPS) is 12.7. The number of anilines is 1. The van der Waals surface area contributed by atoms with Gasteiger partial charge in [0.25, 0.3) is 0 Å². The summed E-state index contributed by atoms with van der Waals surface area (Å²) < 4.78 is 39.7. The number of amides is 2. The maximum absolute atomic E-state index is 13.7. The molecule has 2 aromatic carbocycles. The van der Waals surface area contributed by atoms with E-state index in [0.29, 0.717) is 10.6 Å². The van der Waals surface area contributed by atoms with Gasteiger partial charge in [0.1, 0.15) is 18.4 Å². The van der Waals surface area contributed by atoms with Crippen LogP contribution < -0.4 is 9.62 Å². The van der Waals surface area contributed by atoms with Gasteiger partial charge in [0.05, 0.1) is 17.0 Å². The van der Waals surface area contributed by atoms with Crippen LogP contribution in [0.1, 0.15) is 39.7 Å². The van der Waals surface area contributed by atoms with Crippen LogP contribution in [-0.4, -0.2) is 49.5 Å². The summed E-state index contributed by atoms with van der Waals surface area (Å²) in [4.78, 5) is 28.0. The zero-order valence-corrected chi connectivity index (χ0v) is 22.6. The van der Waals surface area contributed by atoms with Gasteiger partial charge in [-0.25, -0.2) is 12.8 Å². The Morgan fingerprint density at radius 3 is 2.23 bits per heavy atom. The number of hydrogen-bond donors (Lipinski definition) is 1. The van der Waals surface area contributed by atoms with Crippen LogP contribution >= 0.6 is 23.2 Å². The zero-order valence-electron chi connectivity index (χ0n) is 20.3. The van der Waals surface area contributed by atoms with E-state index >= 15 is 0 Å². The van der Waals surface area contributed by atoms with Crippen LogP contribution in [-0.2, 0) is 26.2 Å². The first kappa shape index (κ1) is 28.9. The predicted octanol–water partition coefficient (Wildman–Crippen LogP) is 4.62. The van der Waals surface area contributed by atoms with Crippen LogP contribution in [0.15, 0.2) is 42.5 Å². The highest BCUT2D eigenvalue weighted by Gasteiger charge is 2.33. The average molecular weight is 546 g/mol. The summed E-state index contributed by atoms with van der Waals surface area (Å²) in [5, 5.41) is 3.00. The lowest BCUT2D eigenvalue weighted by Gasteiger charge is -2.34. The van der Waals surface area contributed by atoms with Crippen molar-refractivity contribution in [3.8, 4) is 0 Å². The van der Waals surface area contributed by atoms with E-state index in [1.165, 1.54) is 11.0 Å². The topological polar surface area (TPSA) is 86.8 Å².